The van der Waals surface area contributed by atoms with Gasteiger partial charge in [0.25, 0.3) is 6.02 Å². The van der Waals surface area contributed by atoms with Gasteiger partial charge in [0, 0.05) is 45.8 Å². The SMILES string of the molecule is CN1C[C@@]2(CCN(C3CCOCC3)C[C@@H]2O)OC1=Nc1ccccc1. The Labute approximate surface area is 149 Å². The molecule has 136 valence electrons. The molecule has 1 spiro atoms. The van der Waals surface area contributed by atoms with Crippen molar-refractivity contribution in [3.05, 3.63) is 30.3 Å². The summed E-state index contributed by atoms with van der Waals surface area (Å²) in [6.07, 6.45) is 2.43. The Bertz CT molecular complexity index is 618. The lowest BCUT2D eigenvalue weighted by Gasteiger charge is -2.45. The molecule has 4 rings (SSSR count). The number of rotatable bonds is 2. The van der Waals surface area contributed by atoms with E-state index < -0.39 is 11.7 Å². The first-order valence-corrected chi connectivity index (χ1v) is 9.20. The third kappa shape index (κ3) is 3.38. The fraction of sp³-hybridized carbons (Fsp3) is 0.632. The standard InChI is InChI=1S/C19H27N3O3/c1-21-14-19(25-18(21)20-15-5-3-2-4-6-15)9-10-22(13-17(19)23)16-7-11-24-12-8-16/h2-6,16-17,23H,7-14H2,1H3/t17-,19+/m0/s1. The van der Waals surface area contributed by atoms with E-state index in [1.54, 1.807) is 0 Å². The fourth-order valence-corrected chi connectivity index (χ4v) is 4.15. The summed E-state index contributed by atoms with van der Waals surface area (Å²) in [5.74, 6) is 0. The van der Waals surface area contributed by atoms with Crippen LogP contribution in [0.3, 0.4) is 0 Å². The highest BCUT2D eigenvalue weighted by Crippen LogP contribution is 2.35. The van der Waals surface area contributed by atoms with E-state index >= 15 is 0 Å². The lowest BCUT2D eigenvalue weighted by atomic mass is 9.87. The van der Waals surface area contributed by atoms with E-state index in [1.165, 1.54) is 0 Å². The summed E-state index contributed by atoms with van der Waals surface area (Å²) in [6.45, 7) is 3.96. The van der Waals surface area contributed by atoms with E-state index in [9.17, 15) is 5.11 Å². The predicted molar refractivity (Wildman–Crippen MR) is 96.0 cm³/mol. The summed E-state index contributed by atoms with van der Waals surface area (Å²) in [4.78, 5) is 9.04. The van der Waals surface area contributed by atoms with Crippen molar-refractivity contribution in [2.24, 2.45) is 4.99 Å². The van der Waals surface area contributed by atoms with Gasteiger partial charge in [-0.15, -0.1) is 0 Å². The second-order valence-corrected chi connectivity index (χ2v) is 7.36. The summed E-state index contributed by atoms with van der Waals surface area (Å²) in [5.41, 5.74) is 0.333. The molecule has 3 aliphatic heterocycles. The van der Waals surface area contributed by atoms with Crippen LogP contribution in [0.5, 0.6) is 0 Å². The van der Waals surface area contributed by atoms with Gasteiger partial charge in [-0.1, -0.05) is 18.2 Å². The van der Waals surface area contributed by atoms with Crippen LogP contribution in [0.4, 0.5) is 5.69 Å². The molecule has 0 aromatic heterocycles. The summed E-state index contributed by atoms with van der Waals surface area (Å²) < 4.78 is 11.7. The summed E-state index contributed by atoms with van der Waals surface area (Å²) >= 11 is 0. The van der Waals surface area contributed by atoms with Gasteiger partial charge < -0.3 is 19.5 Å². The molecule has 3 aliphatic rings. The molecule has 3 heterocycles. The van der Waals surface area contributed by atoms with Crippen LogP contribution in [0.2, 0.25) is 0 Å². The number of ether oxygens (including phenoxy) is 2. The van der Waals surface area contributed by atoms with Gasteiger partial charge in [-0.25, -0.2) is 0 Å². The Morgan fingerprint density at radius 1 is 1.20 bits per heavy atom. The maximum absolute atomic E-state index is 10.9. The molecule has 0 saturated carbocycles. The van der Waals surface area contributed by atoms with E-state index in [1.807, 2.05) is 42.3 Å². The quantitative estimate of drug-likeness (QED) is 0.883. The molecule has 0 unspecified atom stereocenters. The van der Waals surface area contributed by atoms with Crippen LogP contribution in [-0.2, 0) is 9.47 Å². The zero-order valence-electron chi connectivity index (χ0n) is 14.8. The van der Waals surface area contributed by atoms with Gasteiger partial charge in [0.15, 0.2) is 5.60 Å². The monoisotopic (exact) mass is 345 g/mol. The number of likely N-dealkylation sites (N-methyl/N-ethyl adjacent to an activating group) is 1. The van der Waals surface area contributed by atoms with Crippen molar-refractivity contribution in [3.8, 4) is 0 Å². The molecule has 1 aromatic rings. The molecule has 0 radical (unpaired) electrons. The lowest BCUT2D eigenvalue weighted by molar-refractivity contribution is -0.107. The summed E-state index contributed by atoms with van der Waals surface area (Å²) in [7, 11) is 1.98. The van der Waals surface area contributed by atoms with E-state index in [4.69, 9.17) is 9.47 Å². The molecule has 3 fully saturated rings. The van der Waals surface area contributed by atoms with Crippen LogP contribution < -0.4 is 0 Å². The molecule has 0 amide bonds. The lowest BCUT2D eigenvalue weighted by Crippen LogP contribution is -2.59. The third-order valence-corrected chi connectivity index (χ3v) is 5.65. The first-order chi connectivity index (χ1) is 12.2. The molecular formula is C19H27N3O3. The highest BCUT2D eigenvalue weighted by Gasteiger charge is 2.51. The highest BCUT2D eigenvalue weighted by atomic mass is 16.6. The number of aliphatic imine (C=N–C) groups is 1. The molecule has 1 aromatic carbocycles. The number of para-hydroxylation sites is 1. The molecule has 0 aliphatic carbocycles. The maximum atomic E-state index is 10.9. The van der Waals surface area contributed by atoms with Crippen LogP contribution >= 0.6 is 0 Å². The fourth-order valence-electron chi connectivity index (χ4n) is 4.15. The van der Waals surface area contributed by atoms with Crippen LogP contribution in [0.25, 0.3) is 0 Å². The van der Waals surface area contributed by atoms with Gasteiger partial charge in [0.05, 0.1) is 12.2 Å². The predicted octanol–water partition coefficient (Wildman–Crippen LogP) is 1.62. The number of amidine groups is 1. The van der Waals surface area contributed by atoms with Crippen LogP contribution in [0.15, 0.2) is 35.3 Å². The Morgan fingerprint density at radius 2 is 1.96 bits per heavy atom. The van der Waals surface area contributed by atoms with Crippen molar-refractivity contribution >= 4 is 11.7 Å². The van der Waals surface area contributed by atoms with E-state index in [-0.39, 0.29) is 0 Å². The number of hydrogen-bond donors (Lipinski definition) is 1. The zero-order chi connectivity index (χ0) is 17.3. The minimum Gasteiger partial charge on any atom is -0.454 e. The van der Waals surface area contributed by atoms with Gasteiger partial charge >= 0.3 is 0 Å². The smallest absolute Gasteiger partial charge is 0.293 e. The van der Waals surface area contributed by atoms with Crippen molar-refractivity contribution in [2.75, 3.05) is 39.9 Å². The highest BCUT2D eigenvalue weighted by molar-refractivity contribution is 5.79. The number of aliphatic hydroxyl groups is 1. The topological polar surface area (TPSA) is 57.5 Å². The number of β-amino-alcohol motifs (C(OH)–C–C–N with tert-alkyl or cyclic N) is 1. The Balaban J connectivity index is 1.45. The van der Waals surface area contributed by atoms with Crippen molar-refractivity contribution < 1.29 is 14.6 Å². The minimum atomic E-state index is -0.538. The first-order valence-electron chi connectivity index (χ1n) is 9.20. The second kappa shape index (κ2) is 6.94. The number of likely N-dealkylation sites (tertiary alicyclic amines) is 1. The van der Waals surface area contributed by atoms with E-state index in [0.717, 1.165) is 44.7 Å². The Kier molecular flexibility index (Phi) is 4.67. The van der Waals surface area contributed by atoms with Crippen molar-refractivity contribution in [2.45, 2.75) is 37.0 Å². The molecule has 2 atom stereocenters. The van der Waals surface area contributed by atoms with E-state index in [0.29, 0.717) is 25.2 Å². The molecule has 1 N–H and O–H groups in total. The van der Waals surface area contributed by atoms with Gasteiger partial charge in [0.1, 0.15) is 6.10 Å². The second-order valence-electron chi connectivity index (χ2n) is 7.36. The number of nitrogens with zero attached hydrogens (tertiary/aromatic N) is 3. The summed E-state index contributed by atoms with van der Waals surface area (Å²) in [5, 5.41) is 10.9. The Hall–Kier alpha value is -1.63. The molecule has 0 bridgehead atoms. The molecule has 6 nitrogen and oxygen atoms in total. The van der Waals surface area contributed by atoms with Crippen LogP contribution in [0, 0.1) is 0 Å². The molecule has 25 heavy (non-hydrogen) atoms. The van der Waals surface area contributed by atoms with E-state index in [2.05, 4.69) is 9.89 Å². The largest absolute Gasteiger partial charge is 0.454 e. The number of hydrogen-bond acceptors (Lipinski definition) is 5. The van der Waals surface area contributed by atoms with Gasteiger partial charge in [-0.05, 0) is 25.0 Å². The van der Waals surface area contributed by atoms with Gasteiger partial charge in [-0.2, -0.15) is 4.99 Å². The minimum absolute atomic E-state index is 0.505. The first kappa shape index (κ1) is 16.8. The Morgan fingerprint density at radius 3 is 2.68 bits per heavy atom. The normalized spacial score (nSPS) is 33.1. The average Bonchev–Trinajstić information content (AvgIpc) is 2.96. The number of benzene rings is 1. The maximum Gasteiger partial charge on any atom is 0.293 e. The van der Waals surface area contributed by atoms with Crippen LogP contribution in [-0.4, -0.2) is 78.6 Å². The van der Waals surface area contributed by atoms with Crippen molar-refractivity contribution in [1.82, 2.24) is 9.80 Å². The van der Waals surface area contributed by atoms with Gasteiger partial charge in [-0.3, -0.25) is 4.90 Å². The average molecular weight is 345 g/mol. The molecule has 6 heteroatoms. The van der Waals surface area contributed by atoms with Crippen molar-refractivity contribution in [3.63, 3.8) is 0 Å². The number of aliphatic hydroxyl groups excluding tert-OH is 1. The number of piperidine rings is 1. The molecular weight excluding hydrogens is 318 g/mol. The van der Waals surface area contributed by atoms with Gasteiger partial charge in [0.2, 0.25) is 0 Å². The van der Waals surface area contributed by atoms with Crippen molar-refractivity contribution in [1.29, 1.82) is 0 Å². The van der Waals surface area contributed by atoms with Crippen LogP contribution in [0.1, 0.15) is 19.3 Å². The zero-order valence-corrected chi connectivity index (χ0v) is 14.8. The molecule has 3 saturated heterocycles. The third-order valence-electron chi connectivity index (χ3n) is 5.65. The summed E-state index contributed by atoms with van der Waals surface area (Å²) in [6, 6.07) is 10.9.